The second-order valence-corrected chi connectivity index (χ2v) is 10.9. The number of hydrogen-bond acceptors (Lipinski definition) is 3. The maximum absolute atomic E-state index is 13.4. The normalized spacial score (nSPS) is 21.0. The van der Waals surface area contributed by atoms with Crippen molar-refractivity contribution in [2.24, 2.45) is 5.92 Å². The van der Waals surface area contributed by atoms with Crippen molar-refractivity contribution in [1.82, 2.24) is 15.5 Å². The molecule has 3 N–H and O–H groups in total. The molecule has 2 aromatic rings. The van der Waals surface area contributed by atoms with E-state index < -0.39 is 23.6 Å². The largest absolute Gasteiger partial charge is 0.419 e. The van der Waals surface area contributed by atoms with E-state index in [9.17, 15) is 27.2 Å². The number of carbonyl (C=O) groups excluding carboxylic acids is 2. The number of unbranched alkanes of at least 4 members (excludes halogenated alkanes) is 2. The van der Waals surface area contributed by atoms with Crippen molar-refractivity contribution < 1.29 is 27.2 Å². The number of amides is 3. The Balaban J connectivity index is 1.07. The van der Waals surface area contributed by atoms with Crippen LogP contribution in [-0.4, -0.2) is 49.1 Å². The Morgan fingerprint density at radius 3 is 2.56 bits per heavy atom. The molecular weight excluding hydrogens is 559 g/mol. The van der Waals surface area contributed by atoms with Crippen LogP contribution in [0.5, 0.6) is 0 Å². The van der Waals surface area contributed by atoms with Gasteiger partial charge in [-0.15, -0.1) is 0 Å². The first-order valence-electron chi connectivity index (χ1n) is 12.9. The minimum Gasteiger partial charge on any atom is -0.356 e. The number of alkyl halides is 3. The molecule has 2 aliphatic rings. The van der Waals surface area contributed by atoms with Crippen LogP contribution < -0.4 is 16.0 Å². The van der Waals surface area contributed by atoms with Gasteiger partial charge in [0.05, 0.1) is 15.6 Å². The molecule has 1 aliphatic carbocycles. The molecule has 0 aromatic heterocycles. The van der Waals surface area contributed by atoms with Gasteiger partial charge >= 0.3 is 12.2 Å². The van der Waals surface area contributed by atoms with E-state index in [0.29, 0.717) is 35.3 Å². The highest BCUT2D eigenvalue weighted by atomic mass is 35.5. The Hall–Kier alpha value is -2.56. The van der Waals surface area contributed by atoms with E-state index >= 15 is 0 Å². The van der Waals surface area contributed by atoms with Crippen LogP contribution in [0.3, 0.4) is 0 Å². The maximum atomic E-state index is 13.4. The number of likely N-dealkylation sites (tertiary alicyclic amines) is 1. The minimum atomic E-state index is -4.84. The van der Waals surface area contributed by atoms with Gasteiger partial charge in [0.15, 0.2) is 0 Å². The average Bonchev–Trinajstić information content (AvgIpc) is 3.56. The molecular formula is C27H30Cl2F4N4O2. The second-order valence-electron chi connectivity index (χ2n) is 10.1. The van der Waals surface area contributed by atoms with Crippen molar-refractivity contribution in [3.05, 3.63) is 63.4 Å². The van der Waals surface area contributed by atoms with Crippen molar-refractivity contribution in [3.8, 4) is 0 Å². The molecule has 0 radical (unpaired) electrons. The molecule has 1 saturated heterocycles. The van der Waals surface area contributed by atoms with E-state index in [2.05, 4.69) is 20.9 Å². The van der Waals surface area contributed by atoms with E-state index in [1.807, 2.05) is 12.1 Å². The van der Waals surface area contributed by atoms with Crippen LogP contribution >= 0.6 is 23.2 Å². The average molecular weight is 589 g/mol. The third-order valence-corrected chi connectivity index (χ3v) is 7.83. The molecule has 39 heavy (non-hydrogen) atoms. The molecule has 6 nitrogen and oxygen atoms in total. The molecule has 212 valence electrons. The number of nitrogens with one attached hydrogen (secondary N) is 3. The number of hydrogen-bond donors (Lipinski definition) is 3. The third-order valence-electron chi connectivity index (χ3n) is 7.09. The predicted molar refractivity (Wildman–Crippen MR) is 143 cm³/mol. The number of anilines is 1. The highest BCUT2D eigenvalue weighted by molar-refractivity contribution is 6.42. The van der Waals surface area contributed by atoms with Crippen molar-refractivity contribution >= 4 is 40.8 Å². The Bertz CT molecular complexity index is 1200. The fourth-order valence-corrected chi connectivity index (χ4v) is 5.21. The van der Waals surface area contributed by atoms with Gasteiger partial charge in [0.2, 0.25) is 5.91 Å². The smallest absolute Gasteiger partial charge is 0.356 e. The lowest BCUT2D eigenvalue weighted by molar-refractivity contribution is -0.140. The van der Waals surface area contributed by atoms with Crippen LogP contribution in [0.4, 0.5) is 28.0 Å². The summed E-state index contributed by atoms with van der Waals surface area (Å²) in [6, 6.07) is 7.08. The SMILES string of the molecule is O=C(Nc1ccc(F)c(C(F)(F)F)c1)N[C@H]1CCN(CCCCCNC(=O)[C@@H]2C[C@H]2c2ccc(Cl)c(Cl)c2)C1. The van der Waals surface area contributed by atoms with Crippen molar-refractivity contribution in [2.75, 3.05) is 31.5 Å². The van der Waals surface area contributed by atoms with Crippen LogP contribution in [0.15, 0.2) is 36.4 Å². The molecule has 12 heteroatoms. The van der Waals surface area contributed by atoms with Gasteiger partial charge in [-0.25, -0.2) is 9.18 Å². The Labute approximate surface area is 234 Å². The standard InChI is InChI=1S/C27H30Cl2F4N4O2/c28-22-6-4-16(12-23(22)29)19-14-20(19)25(38)34-9-2-1-3-10-37-11-8-18(15-37)36-26(39)35-17-5-7-24(30)21(13-17)27(31,32)33/h4-7,12-13,18-20H,1-3,8-11,14-15H2,(H,34,38)(H2,35,36,39)/t18-,19-,20+/m0/s1. The summed E-state index contributed by atoms with van der Waals surface area (Å²) in [4.78, 5) is 26.9. The molecule has 1 saturated carbocycles. The van der Waals surface area contributed by atoms with Crippen LogP contribution in [-0.2, 0) is 11.0 Å². The Kier molecular flexibility index (Phi) is 9.61. The maximum Gasteiger partial charge on any atom is 0.419 e. The van der Waals surface area contributed by atoms with Crippen LogP contribution in [0.1, 0.15) is 49.1 Å². The zero-order chi connectivity index (χ0) is 28.2. The van der Waals surface area contributed by atoms with Crippen molar-refractivity contribution in [1.29, 1.82) is 0 Å². The van der Waals surface area contributed by atoms with E-state index in [1.54, 1.807) is 6.07 Å². The summed E-state index contributed by atoms with van der Waals surface area (Å²) in [5.41, 5.74) is -0.520. The zero-order valence-electron chi connectivity index (χ0n) is 21.1. The zero-order valence-corrected chi connectivity index (χ0v) is 22.6. The summed E-state index contributed by atoms with van der Waals surface area (Å²) in [6.07, 6.45) is -0.552. The Morgan fingerprint density at radius 2 is 1.82 bits per heavy atom. The molecule has 2 aromatic carbocycles. The summed E-state index contributed by atoms with van der Waals surface area (Å²) in [5.74, 6) is -1.17. The molecule has 3 amide bonds. The van der Waals surface area contributed by atoms with E-state index in [0.717, 1.165) is 56.8 Å². The number of carbonyl (C=O) groups is 2. The van der Waals surface area contributed by atoms with E-state index in [4.69, 9.17) is 23.2 Å². The third kappa shape index (κ3) is 8.22. The first-order valence-corrected chi connectivity index (χ1v) is 13.7. The Morgan fingerprint density at radius 1 is 1.03 bits per heavy atom. The van der Waals surface area contributed by atoms with E-state index in [1.165, 1.54) is 0 Å². The van der Waals surface area contributed by atoms with Crippen LogP contribution in [0.2, 0.25) is 10.0 Å². The number of urea groups is 1. The number of halogens is 6. The molecule has 3 atom stereocenters. The van der Waals surface area contributed by atoms with Crippen LogP contribution in [0, 0.1) is 11.7 Å². The summed E-state index contributed by atoms with van der Waals surface area (Å²) < 4.78 is 52.0. The molecule has 2 fully saturated rings. The number of benzene rings is 2. The van der Waals surface area contributed by atoms with Gasteiger partial charge in [0, 0.05) is 37.3 Å². The van der Waals surface area contributed by atoms with Gasteiger partial charge in [0.25, 0.3) is 0 Å². The van der Waals surface area contributed by atoms with Gasteiger partial charge in [-0.3, -0.25) is 4.79 Å². The highest BCUT2D eigenvalue weighted by Crippen LogP contribution is 2.48. The molecule has 1 aliphatic heterocycles. The fourth-order valence-electron chi connectivity index (χ4n) is 4.90. The summed E-state index contributed by atoms with van der Waals surface area (Å²) in [6.45, 7) is 2.91. The molecule has 0 spiro atoms. The van der Waals surface area contributed by atoms with Gasteiger partial charge < -0.3 is 20.9 Å². The summed E-state index contributed by atoms with van der Waals surface area (Å²) in [5, 5.41) is 9.12. The predicted octanol–water partition coefficient (Wildman–Crippen LogP) is 6.44. The number of rotatable bonds is 10. The van der Waals surface area contributed by atoms with Crippen molar-refractivity contribution in [3.63, 3.8) is 0 Å². The monoisotopic (exact) mass is 588 g/mol. The lowest BCUT2D eigenvalue weighted by Crippen LogP contribution is -2.39. The molecule has 0 bridgehead atoms. The first kappa shape index (κ1) is 29.4. The fraction of sp³-hybridized carbons (Fsp3) is 0.481. The lowest BCUT2D eigenvalue weighted by atomic mass is 10.1. The number of nitrogens with zero attached hydrogens (tertiary/aromatic N) is 1. The molecule has 4 rings (SSSR count). The van der Waals surface area contributed by atoms with Gasteiger partial charge in [-0.1, -0.05) is 35.7 Å². The van der Waals surface area contributed by atoms with E-state index in [-0.39, 0.29) is 29.5 Å². The molecule has 0 unspecified atom stereocenters. The van der Waals surface area contributed by atoms with Gasteiger partial charge in [-0.05, 0) is 74.0 Å². The first-order chi connectivity index (χ1) is 18.5. The summed E-state index contributed by atoms with van der Waals surface area (Å²) >= 11 is 12.0. The summed E-state index contributed by atoms with van der Waals surface area (Å²) in [7, 11) is 0. The van der Waals surface area contributed by atoms with Crippen molar-refractivity contribution in [2.45, 2.75) is 50.2 Å². The van der Waals surface area contributed by atoms with Gasteiger partial charge in [0.1, 0.15) is 5.82 Å². The second kappa shape index (κ2) is 12.7. The minimum absolute atomic E-state index is 0.0248. The quantitative estimate of drug-likeness (QED) is 0.221. The lowest BCUT2D eigenvalue weighted by Gasteiger charge is -2.17. The molecule has 1 heterocycles. The van der Waals surface area contributed by atoms with Crippen LogP contribution in [0.25, 0.3) is 0 Å². The topological polar surface area (TPSA) is 73.5 Å². The van der Waals surface area contributed by atoms with Gasteiger partial charge in [-0.2, -0.15) is 13.2 Å². The highest BCUT2D eigenvalue weighted by Gasteiger charge is 2.43.